The van der Waals surface area contributed by atoms with Gasteiger partial charge in [0.15, 0.2) is 0 Å². The first-order valence-electron chi connectivity index (χ1n) is 11.4. The molecule has 4 nitrogen and oxygen atoms in total. The zero-order valence-corrected chi connectivity index (χ0v) is 20.4. The van der Waals surface area contributed by atoms with Gasteiger partial charge in [-0.05, 0) is 84.6 Å². The summed E-state index contributed by atoms with van der Waals surface area (Å²) in [5, 5.41) is 7.92. The van der Waals surface area contributed by atoms with Crippen molar-refractivity contribution in [2.45, 2.75) is 37.3 Å². The normalized spacial score (nSPS) is 11.7. The van der Waals surface area contributed by atoms with Crippen LogP contribution in [0.25, 0.3) is 10.8 Å². The first-order valence-corrected chi connectivity index (χ1v) is 12.3. The summed E-state index contributed by atoms with van der Waals surface area (Å²) in [4.78, 5) is 26.7. The highest BCUT2D eigenvalue weighted by molar-refractivity contribution is 8.00. The minimum Gasteiger partial charge on any atom is -0.325 e. The molecule has 4 rings (SSSR count). The highest BCUT2D eigenvalue weighted by Gasteiger charge is 2.19. The van der Waals surface area contributed by atoms with Crippen molar-refractivity contribution in [1.82, 2.24) is 0 Å². The smallest absolute Gasteiger partial charge is 0.255 e. The molecule has 1 atom stereocenters. The van der Waals surface area contributed by atoms with Crippen LogP contribution in [0.4, 0.5) is 11.4 Å². The first kappa shape index (κ1) is 23.6. The summed E-state index contributed by atoms with van der Waals surface area (Å²) in [5.41, 5.74) is 4.36. The van der Waals surface area contributed by atoms with Gasteiger partial charge in [-0.3, -0.25) is 9.59 Å². The largest absolute Gasteiger partial charge is 0.325 e. The molecule has 0 spiro atoms. The van der Waals surface area contributed by atoms with E-state index in [4.69, 9.17) is 0 Å². The Hall–Kier alpha value is -3.57. The van der Waals surface area contributed by atoms with Gasteiger partial charge in [0, 0.05) is 21.8 Å². The molecule has 0 aromatic heterocycles. The van der Waals surface area contributed by atoms with Crippen LogP contribution in [0.3, 0.4) is 0 Å². The fourth-order valence-corrected chi connectivity index (χ4v) is 4.95. The van der Waals surface area contributed by atoms with Crippen molar-refractivity contribution in [2.24, 2.45) is 0 Å². The minimum atomic E-state index is -0.243. The molecule has 1 unspecified atom stereocenters. The fraction of sp³-hybridized carbons (Fsp3) is 0.172. The topological polar surface area (TPSA) is 58.2 Å². The lowest BCUT2D eigenvalue weighted by Crippen LogP contribution is -2.24. The summed E-state index contributed by atoms with van der Waals surface area (Å²) in [5.74, 6) is -0.185. The quantitative estimate of drug-likeness (QED) is 0.282. The molecule has 2 N–H and O–H groups in total. The van der Waals surface area contributed by atoms with Gasteiger partial charge in [0.25, 0.3) is 5.91 Å². The molecule has 5 heteroatoms. The molecule has 0 radical (unpaired) electrons. The Morgan fingerprint density at radius 3 is 2.24 bits per heavy atom. The number of carbonyl (C=O) groups is 2. The fourth-order valence-electron chi connectivity index (χ4n) is 3.94. The lowest BCUT2D eigenvalue weighted by atomic mass is 10.1. The maximum atomic E-state index is 12.9. The lowest BCUT2D eigenvalue weighted by Gasteiger charge is -2.16. The zero-order chi connectivity index (χ0) is 24.1. The standard InChI is InChI=1S/C29H28N2O2S/c1-4-27(29(33)31-25-15-19(2)14-20(3)16-25)34-26-11-7-10-24(18-26)30-28(32)23-13-12-21-8-5-6-9-22(21)17-23/h5-18,27H,4H2,1-3H3,(H,30,32)(H,31,33). The second-order valence-corrected chi connectivity index (χ2v) is 9.70. The van der Waals surface area contributed by atoms with E-state index < -0.39 is 0 Å². The summed E-state index contributed by atoms with van der Waals surface area (Å²) >= 11 is 1.50. The second-order valence-electron chi connectivity index (χ2n) is 8.42. The van der Waals surface area contributed by atoms with Crippen LogP contribution < -0.4 is 10.6 Å². The Morgan fingerprint density at radius 1 is 0.765 bits per heavy atom. The number of benzene rings is 4. The Kier molecular flexibility index (Phi) is 7.33. The third-order valence-electron chi connectivity index (χ3n) is 5.53. The van der Waals surface area contributed by atoms with Gasteiger partial charge in [-0.25, -0.2) is 0 Å². The summed E-state index contributed by atoms with van der Waals surface area (Å²) in [6.45, 7) is 6.04. The van der Waals surface area contributed by atoms with Crippen LogP contribution in [0.5, 0.6) is 0 Å². The molecule has 172 valence electrons. The van der Waals surface area contributed by atoms with E-state index in [1.165, 1.54) is 11.8 Å². The molecule has 0 bridgehead atoms. The van der Waals surface area contributed by atoms with Gasteiger partial charge in [0.1, 0.15) is 0 Å². The van der Waals surface area contributed by atoms with Gasteiger partial charge >= 0.3 is 0 Å². The summed E-state index contributed by atoms with van der Waals surface area (Å²) < 4.78 is 0. The van der Waals surface area contributed by atoms with Crippen molar-refractivity contribution in [3.05, 3.63) is 102 Å². The molecule has 0 fully saturated rings. The number of thioether (sulfide) groups is 1. The molecule has 2 amide bonds. The first-order chi connectivity index (χ1) is 16.4. The number of hydrogen-bond acceptors (Lipinski definition) is 3. The van der Waals surface area contributed by atoms with E-state index >= 15 is 0 Å². The average Bonchev–Trinajstić information content (AvgIpc) is 2.81. The number of amides is 2. The number of rotatable bonds is 7. The Morgan fingerprint density at radius 2 is 1.50 bits per heavy atom. The van der Waals surface area contributed by atoms with Crippen molar-refractivity contribution in [3.8, 4) is 0 Å². The van der Waals surface area contributed by atoms with Gasteiger partial charge in [0.05, 0.1) is 5.25 Å². The van der Waals surface area contributed by atoms with Gasteiger partial charge in [-0.2, -0.15) is 0 Å². The van der Waals surface area contributed by atoms with Crippen LogP contribution in [-0.2, 0) is 4.79 Å². The molecular formula is C29H28N2O2S. The van der Waals surface area contributed by atoms with Gasteiger partial charge in [-0.15, -0.1) is 11.8 Å². The van der Waals surface area contributed by atoms with Crippen LogP contribution >= 0.6 is 11.8 Å². The lowest BCUT2D eigenvalue weighted by molar-refractivity contribution is -0.115. The van der Waals surface area contributed by atoms with Gasteiger partial charge in [0.2, 0.25) is 5.91 Å². The molecule has 34 heavy (non-hydrogen) atoms. The average molecular weight is 469 g/mol. The number of hydrogen-bond donors (Lipinski definition) is 2. The van der Waals surface area contributed by atoms with Crippen molar-refractivity contribution >= 4 is 45.7 Å². The second kappa shape index (κ2) is 10.6. The van der Waals surface area contributed by atoms with E-state index in [1.807, 2.05) is 99.6 Å². The molecular weight excluding hydrogens is 440 g/mol. The molecule has 0 aliphatic carbocycles. The van der Waals surface area contributed by atoms with Gasteiger partial charge < -0.3 is 10.6 Å². The number of carbonyl (C=O) groups excluding carboxylic acids is 2. The van der Waals surface area contributed by atoms with Crippen LogP contribution in [0.2, 0.25) is 0 Å². The SMILES string of the molecule is CCC(Sc1cccc(NC(=O)c2ccc3ccccc3c2)c1)C(=O)Nc1cc(C)cc(C)c1. The highest BCUT2D eigenvalue weighted by Crippen LogP contribution is 2.29. The van der Waals surface area contributed by atoms with Crippen molar-refractivity contribution in [1.29, 1.82) is 0 Å². The Balaban J connectivity index is 1.44. The number of nitrogens with one attached hydrogen (secondary N) is 2. The van der Waals surface area contributed by atoms with E-state index in [-0.39, 0.29) is 17.1 Å². The molecule has 0 aliphatic rings. The molecule has 0 aliphatic heterocycles. The molecule has 4 aromatic rings. The maximum absolute atomic E-state index is 12.9. The molecule has 0 heterocycles. The molecule has 0 saturated carbocycles. The maximum Gasteiger partial charge on any atom is 0.255 e. The number of aryl methyl sites for hydroxylation is 2. The van der Waals surface area contributed by atoms with Gasteiger partial charge in [-0.1, -0.05) is 49.4 Å². The van der Waals surface area contributed by atoms with Crippen LogP contribution in [0.1, 0.15) is 34.8 Å². The third-order valence-corrected chi connectivity index (χ3v) is 6.89. The predicted octanol–water partition coefficient (Wildman–Crippen LogP) is 7.22. The van der Waals surface area contributed by atoms with Crippen LogP contribution in [0.15, 0.2) is 89.8 Å². The summed E-state index contributed by atoms with van der Waals surface area (Å²) in [6.07, 6.45) is 0.689. The molecule has 0 saturated heterocycles. The van der Waals surface area contributed by atoms with Crippen molar-refractivity contribution in [2.75, 3.05) is 10.6 Å². The number of fused-ring (bicyclic) bond motifs is 1. The highest BCUT2D eigenvalue weighted by atomic mass is 32.2. The van der Waals surface area contributed by atoms with Crippen LogP contribution in [0, 0.1) is 13.8 Å². The van der Waals surface area contributed by atoms with E-state index in [0.717, 1.165) is 32.5 Å². The summed E-state index contributed by atoms with van der Waals surface area (Å²) in [6, 6.07) is 27.3. The minimum absolute atomic E-state index is 0.0249. The Bertz CT molecular complexity index is 1330. The van der Waals surface area contributed by atoms with E-state index in [1.54, 1.807) is 0 Å². The van der Waals surface area contributed by atoms with E-state index in [9.17, 15) is 9.59 Å². The zero-order valence-electron chi connectivity index (χ0n) is 19.6. The monoisotopic (exact) mass is 468 g/mol. The predicted molar refractivity (Wildman–Crippen MR) is 143 cm³/mol. The third kappa shape index (κ3) is 5.86. The Labute approximate surface area is 204 Å². The van der Waals surface area contributed by atoms with E-state index in [2.05, 4.69) is 16.7 Å². The molecule has 4 aromatic carbocycles. The number of anilines is 2. The van der Waals surface area contributed by atoms with Crippen LogP contribution in [-0.4, -0.2) is 17.1 Å². The van der Waals surface area contributed by atoms with E-state index in [0.29, 0.717) is 17.7 Å². The van der Waals surface area contributed by atoms with Crippen molar-refractivity contribution < 1.29 is 9.59 Å². The summed E-state index contributed by atoms with van der Waals surface area (Å²) in [7, 11) is 0. The van der Waals surface area contributed by atoms with Crippen molar-refractivity contribution in [3.63, 3.8) is 0 Å².